The molecule has 146 valence electrons. The molecule has 3 amide bonds. The van der Waals surface area contributed by atoms with Gasteiger partial charge in [-0.05, 0) is 37.7 Å². The Kier molecular flexibility index (Phi) is 7.85. The summed E-state index contributed by atoms with van der Waals surface area (Å²) in [7, 11) is 0. The number of hydrogen-bond donors (Lipinski definition) is 2. The van der Waals surface area contributed by atoms with Gasteiger partial charge >= 0.3 is 6.09 Å². The van der Waals surface area contributed by atoms with Crippen LogP contribution in [0.2, 0.25) is 0 Å². The first kappa shape index (κ1) is 20.5. The highest BCUT2D eigenvalue weighted by Crippen LogP contribution is 2.19. The van der Waals surface area contributed by atoms with E-state index < -0.39 is 24.1 Å². The van der Waals surface area contributed by atoms with E-state index in [-0.39, 0.29) is 12.5 Å². The van der Waals surface area contributed by atoms with E-state index in [4.69, 9.17) is 10.5 Å². The third kappa shape index (κ3) is 6.13. The molecule has 0 unspecified atom stereocenters. The van der Waals surface area contributed by atoms with Gasteiger partial charge in [0, 0.05) is 6.54 Å². The van der Waals surface area contributed by atoms with Crippen LogP contribution in [0.25, 0.3) is 0 Å². The first-order valence-electron chi connectivity index (χ1n) is 9.21. The maximum Gasteiger partial charge on any atom is 0.410 e. The first-order chi connectivity index (χ1) is 13.0. The molecule has 0 radical (unpaired) electrons. The van der Waals surface area contributed by atoms with Crippen LogP contribution in [-0.4, -0.2) is 41.4 Å². The Morgan fingerprint density at radius 3 is 2.74 bits per heavy atom. The van der Waals surface area contributed by atoms with Crippen LogP contribution in [0, 0.1) is 0 Å². The van der Waals surface area contributed by atoms with E-state index in [2.05, 4.69) is 11.9 Å². The molecular formula is C20H27N3O4. The Morgan fingerprint density at radius 1 is 1.33 bits per heavy atom. The second-order valence-electron chi connectivity index (χ2n) is 6.57. The van der Waals surface area contributed by atoms with Crippen molar-refractivity contribution in [2.24, 2.45) is 5.73 Å². The number of hydrogen-bond acceptors (Lipinski definition) is 4. The third-order valence-corrected chi connectivity index (χ3v) is 4.56. The summed E-state index contributed by atoms with van der Waals surface area (Å²) in [4.78, 5) is 38.0. The number of ether oxygens (including phenoxy) is 1. The van der Waals surface area contributed by atoms with E-state index in [9.17, 15) is 14.4 Å². The highest BCUT2D eigenvalue weighted by atomic mass is 16.6. The quantitative estimate of drug-likeness (QED) is 0.511. The SMILES string of the molecule is C=CCCC[C@H](NC(=O)[C@H]1CCCN1C(=O)OCc1ccccc1)C(N)=O. The van der Waals surface area contributed by atoms with Gasteiger partial charge in [-0.3, -0.25) is 14.5 Å². The molecule has 0 aromatic heterocycles. The smallest absolute Gasteiger partial charge is 0.410 e. The van der Waals surface area contributed by atoms with E-state index in [0.29, 0.717) is 32.2 Å². The average Bonchev–Trinajstić information content (AvgIpc) is 3.16. The van der Waals surface area contributed by atoms with Gasteiger partial charge in [0.2, 0.25) is 11.8 Å². The lowest BCUT2D eigenvalue weighted by atomic mass is 10.1. The van der Waals surface area contributed by atoms with Gasteiger partial charge in [0.1, 0.15) is 18.7 Å². The van der Waals surface area contributed by atoms with Crippen molar-refractivity contribution in [2.75, 3.05) is 6.54 Å². The summed E-state index contributed by atoms with van der Waals surface area (Å²) in [6.07, 6.45) is 4.34. The summed E-state index contributed by atoms with van der Waals surface area (Å²) in [5.41, 5.74) is 6.26. The molecular weight excluding hydrogens is 346 g/mol. The van der Waals surface area contributed by atoms with E-state index in [0.717, 1.165) is 12.0 Å². The van der Waals surface area contributed by atoms with Crippen molar-refractivity contribution in [3.63, 3.8) is 0 Å². The Balaban J connectivity index is 1.90. The van der Waals surface area contributed by atoms with Crippen LogP contribution in [0.4, 0.5) is 4.79 Å². The number of nitrogens with zero attached hydrogens (tertiary/aromatic N) is 1. The predicted octanol–water partition coefficient (Wildman–Crippen LogP) is 2.11. The van der Waals surface area contributed by atoms with E-state index >= 15 is 0 Å². The highest BCUT2D eigenvalue weighted by Gasteiger charge is 2.36. The number of nitrogens with one attached hydrogen (secondary N) is 1. The molecule has 0 aliphatic carbocycles. The molecule has 3 N–H and O–H groups in total. The summed E-state index contributed by atoms with van der Waals surface area (Å²) in [5.74, 6) is -0.949. The van der Waals surface area contributed by atoms with Gasteiger partial charge in [0.25, 0.3) is 0 Å². The molecule has 2 atom stereocenters. The minimum atomic E-state index is -0.750. The monoisotopic (exact) mass is 373 g/mol. The zero-order chi connectivity index (χ0) is 19.6. The second-order valence-corrected chi connectivity index (χ2v) is 6.57. The van der Waals surface area contributed by atoms with Crippen LogP contribution < -0.4 is 11.1 Å². The summed E-state index contributed by atoms with van der Waals surface area (Å²) in [6, 6.07) is 7.95. The van der Waals surface area contributed by atoms with Crippen molar-refractivity contribution in [3.8, 4) is 0 Å². The van der Waals surface area contributed by atoms with Gasteiger partial charge in [-0.25, -0.2) is 4.79 Å². The normalized spacial score (nSPS) is 17.2. The molecule has 2 rings (SSSR count). The molecule has 1 aromatic carbocycles. The molecule has 1 heterocycles. The zero-order valence-corrected chi connectivity index (χ0v) is 15.4. The lowest BCUT2D eigenvalue weighted by Gasteiger charge is -2.25. The zero-order valence-electron chi connectivity index (χ0n) is 15.4. The number of rotatable bonds is 9. The van der Waals surface area contributed by atoms with Crippen molar-refractivity contribution >= 4 is 17.9 Å². The molecule has 27 heavy (non-hydrogen) atoms. The van der Waals surface area contributed by atoms with Gasteiger partial charge in [0.05, 0.1) is 0 Å². The number of carbonyl (C=O) groups excluding carboxylic acids is 3. The fourth-order valence-electron chi connectivity index (χ4n) is 3.08. The van der Waals surface area contributed by atoms with Gasteiger partial charge in [-0.2, -0.15) is 0 Å². The fraction of sp³-hybridized carbons (Fsp3) is 0.450. The number of allylic oxidation sites excluding steroid dienone is 1. The molecule has 7 nitrogen and oxygen atoms in total. The van der Waals surface area contributed by atoms with E-state index in [1.54, 1.807) is 6.08 Å². The van der Waals surface area contributed by atoms with Gasteiger partial charge < -0.3 is 15.8 Å². The number of primary amides is 1. The van der Waals surface area contributed by atoms with Crippen molar-refractivity contribution < 1.29 is 19.1 Å². The minimum Gasteiger partial charge on any atom is -0.445 e. The van der Waals surface area contributed by atoms with E-state index in [1.807, 2.05) is 30.3 Å². The molecule has 1 fully saturated rings. The predicted molar refractivity (Wildman–Crippen MR) is 102 cm³/mol. The lowest BCUT2D eigenvalue weighted by Crippen LogP contribution is -2.52. The van der Waals surface area contributed by atoms with Gasteiger partial charge in [0.15, 0.2) is 0 Å². The molecule has 0 spiro atoms. The fourth-order valence-corrected chi connectivity index (χ4v) is 3.08. The number of nitrogens with two attached hydrogens (primary N) is 1. The van der Waals surface area contributed by atoms with Crippen LogP contribution in [0.1, 0.15) is 37.7 Å². The summed E-state index contributed by atoms with van der Waals surface area (Å²) >= 11 is 0. The standard InChI is InChI=1S/C20H27N3O4/c1-2-3-5-11-16(18(21)24)22-19(25)17-12-8-13-23(17)20(26)27-14-15-9-6-4-7-10-15/h2,4,6-7,9-10,16-17H,1,3,5,8,11-14H2,(H2,21,24)(H,22,25)/t16-,17+/m0/s1. The largest absolute Gasteiger partial charge is 0.445 e. The lowest BCUT2D eigenvalue weighted by molar-refractivity contribution is -0.130. The summed E-state index contributed by atoms with van der Waals surface area (Å²) in [5, 5.41) is 2.68. The number of carbonyl (C=O) groups is 3. The third-order valence-electron chi connectivity index (χ3n) is 4.56. The van der Waals surface area contributed by atoms with Gasteiger partial charge in [-0.1, -0.05) is 36.4 Å². The Labute approximate surface area is 159 Å². The minimum absolute atomic E-state index is 0.149. The Hall–Kier alpha value is -2.83. The number of amides is 3. The topological polar surface area (TPSA) is 102 Å². The first-order valence-corrected chi connectivity index (χ1v) is 9.21. The van der Waals surface area contributed by atoms with Crippen molar-refractivity contribution in [2.45, 2.75) is 50.8 Å². The molecule has 1 aromatic rings. The molecule has 1 aliphatic rings. The number of unbranched alkanes of at least 4 members (excludes halogenated alkanes) is 1. The molecule has 0 saturated carbocycles. The maximum atomic E-state index is 12.6. The van der Waals surface area contributed by atoms with Crippen LogP contribution in [0.5, 0.6) is 0 Å². The molecule has 7 heteroatoms. The second kappa shape index (κ2) is 10.4. The summed E-state index contributed by atoms with van der Waals surface area (Å²) in [6.45, 7) is 4.23. The van der Waals surface area contributed by atoms with Gasteiger partial charge in [-0.15, -0.1) is 6.58 Å². The van der Waals surface area contributed by atoms with E-state index in [1.165, 1.54) is 4.90 Å². The van der Waals surface area contributed by atoms with Crippen molar-refractivity contribution in [1.82, 2.24) is 10.2 Å². The summed E-state index contributed by atoms with van der Waals surface area (Å²) < 4.78 is 5.33. The average molecular weight is 373 g/mol. The maximum absolute atomic E-state index is 12.6. The van der Waals surface area contributed by atoms with Crippen LogP contribution in [-0.2, 0) is 20.9 Å². The van der Waals surface area contributed by atoms with Crippen molar-refractivity contribution in [1.29, 1.82) is 0 Å². The number of likely N-dealkylation sites (tertiary alicyclic amines) is 1. The Bertz CT molecular complexity index is 662. The van der Waals surface area contributed by atoms with Crippen molar-refractivity contribution in [3.05, 3.63) is 48.6 Å². The highest BCUT2D eigenvalue weighted by molar-refractivity contribution is 5.91. The van der Waals surface area contributed by atoms with Crippen LogP contribution in [0.3, 0.4) is 0 Å². The van der Waals surface area contributed by atoms with Crippen LogP contribution in [0.15, 0.2) is 43.0 Å². The molecule has 0 bridgehead atoms. The molecule has 1 saturated heterocycles. The molecule has 1 aliphatic heterocycles. The van der Waals surface area contributed by atoms with Crippen LogP contribution >= 0.6 is 0 Å². The number of benzene rings is 1. The Morgan fingerprint density at radius 2 is 2.07 bits per heavy atom.